The van der Waals surface area contributed by atoms with Gasteiger partial charge in [0.25, 0.3) is 5.91 Å². The van der Waals surface area contributed by atoms with Crippen molar-refractivity contribution in [3.63, 3.8) is 0 Å². The third-order valence-corrected chi connectivity index (χ3v) is 6.59. The molecule has 0 unspecified atom stereocenters. The topological polar surface area (TPSA) is 79.0 Å². The van der Waals surface area contributed by atoms with Crippen LogP contribution in [0.2, 0.25) is 0 Å². The number of nitrogens with one attached hydrogen (secondary N) is 3. The number of rotatable bonds is 4. The van der Waals surface area contributed by atoms with E-state index in [4.69, 9.17) is 9.72 Å². The molecule has 0 radical (unpaired) electrons. The Bertz CT molecular complexity index is 1320. The molecule has 1 aliphatic heterocycles. The van der Waals surface area contributed by atoms with E-state index in [2.05, 4.69) is 67.6 Å². The fourth-order valence-electron chi connectivity index (χ4n) is 5.55. The number of aromatic amines is 1. The maximum absolute atomic E-state index is 13.1. The highest BCUT2D eigenvalue weighted by atomic mass is 16.5. The van der Waals surface area contributed by atoms with Gasteiger partial charge >= 0.3 is 0 Å². The minimum atomic E-state index is -0.0841. The van der Waals surface area contributed by atoms with Gasteiger partial charge in [-0.3, -0.25) is 4.79 Å². The van der Waals surface area contributed by atoms with Crippen LogP contribution in [-0.4, -0.2) is 40.1 Å². The number of hydrogen-bond acceptors (Lipinski definition) is 4. The summed E-state index contributed by atoms with van der Waals surface area (Å²) in [6, 6.07) is 18.1. The number of amides is 1. The van der Waals surface area contributed by atoms with Crippen molar-refractivity contribution in [3.8, 4) is 17.1 Å². The van der Waals surface area contributed by atoms with Gasteiger partial charge in [0.2, 0.25) is 0 Å². The molecule has 34 heavy (non-hydrogen) atoms. The molecule has 0 atom stereocenters. The number of piperidine rings is 1. The number of fused-ring (bicyclic) bond motifs is 2. The van der Waals surface area contributed by atoms with Gasteiger partial charge in [-0.25, -0.2) is 4.98 Å². The number of ether oxygens (including phenoxy) is 1. The molecule has 0 aliphatic carbocycles. The summed E-state index contributed by atoms with van der Waals surface area (Å²) in [5.74, 6) is 1.25. The second-order valence-electron chi connectivity index (χ2n) is 10.7. The number of nitrogens with zero attached hydrogens (tertiary/aromatic N) is 1. The van der Waals surface area contributed by atoms with Crippen LogP contribution in [-0.2, 0) is 0 Å². The van der Waals surface area contributed by atoms with Gasteiger partial charge in [0.1, 0.15) is 11.6 Å². The summed E-state index contributed by atoms with van der Waals surface area (Å²) in [5.41, 5.74) is 3.20. The summed E-state index contributed by atoms with van der Waals surface area (Å²) in [4.78, 5) is 21.3. The third-order valence-electron chi connectivity index (χ3n) is 6.59. The molecule has 1 saturated heterocycles. The van der Waals surface area contributed by atoms with E-state index < -0.39 is 0 Å². The van der Waals surface area contributed by atoms with Crippen molar-refractivity contribution in [1.82, 2.24) is 20.6 Å². The number of hydrogen-bond donors (Lipinski definition) is 3. The van der Waals surface area contributed by atoms with Crippen molar-refractivity contribution < 1.29 is 9.53 Å². The van der Waals surface area contributed by atoms with E-state index in [1.54, 1.807) is 13.2 Å². The molecule has 1 aromatic heterocycles. The molecule has 5 rings (SSSR count). The molecule has 176 valence electrons. The lowest BCUT2D eigenvalue weighted by molar-refractivity contribution is 0.0873. The predicted octanol–water partition coefficient (Wildman–Crippen LogP) is 5.43. The minimum Gasteiger partial charge on any atom is -0.496 e. The Morgan fingerprint density at radius 3 is 2.35 bits per heavy atom. The first-order valence-electron chi connectivity index (χ1n) is 11.8. The Morgan fingerprint density at radius 2 is 1.68 bits per heavy atom. The van der Waals surface area contributed by atoms with Gasteiger partial charge in [-0.1, -0.05) is 24.3 Å². The number of carbonyl (C=O) groups is 1. The molecular formula is C28H32N4O2. The molecule has 3 N–H and O–H groups in total. The largest absolute Gasteiger partial charge is 0.496 e. The maximum atomic E-state index is 13.1. The van der Waals surface area contributed by atoms with E-state index in [-0.39, 0.29) is 23.0 Å². The van der Waals surface area contributed by atoms with Crippen LogP contribution in [0.3, 0.4) is 0 Å². The molecule has 1 fully saturated rings. The average Bonchev–Trinajstić information content (AvgIpc) is 3.17. The summed E-state index contributed by atoms with van der Waals surface area (Å²) in [6.45, 7) is 8.73. The smallest absolute Gasteiger partial charge is 0.251 e. The molecule has 0 spiro atoms. The predicted molar refractivity (Wildman–Crippen MR) is 137 cm³/mol. The number of imidazole rings is 1. The Hall–Kier alpha value is -3.38. The Labute approximate surface area is 200 Å². The fourth-order valence-corrected chi connectivity index (χ4v) is 5.55. The molecule has 1 aliphatic rings. The summed E-state index contributed by atoms with van der Waals surface area (Å²) >= 11 is 0. The van der Waals surface area contributed by atoms with E-state index in [1.807, 2.05) is 24.3 Å². The van der Waals surface area contributed by atoms with Crippen molar-refractivity contribution >= 4 is 27.7 Å². The zero-order valence-corrected chi connectivity index (χ0v) is 20.5. The highest BCUT2D eigenvalue weighted by Gasteiger charge is 2.38. The average molecular weight is 457 g/mol. The van der Waals surface area contributed by atoms with Crippen LogP contribution in [0.4, 0.5) is 0 Å². The monoisotopic (exact) mass is 456 g/mol. The fraction of sp³-hybridized carbons (Fsp3) is 0.357. The van der Waals surface area contributed by atoms with E-state index in [0.717, 1.165) is 46.0 Å². The van der Waals surface area contributed by atoms with E-state index >= 15 is 0 Å². The molecule has 2 heterocycles. The lowest BCUT2D eigenvalue weighted by Crippen LogP contribution is -2.62. The molecule has 6 heteroatoms. The maximum Gasteiger partial charge on any atom is 0.251 e. The van der Waals surface area contributed by atoms with Gasteiger partial charge in [0.05, 0.1) is 23.7 Å². The van der Waals surface area contributed by atoms with E-state index in [9.17, 15) is 4.79 Å². The summed E-state index contributed by atoms with van der Waals surface area (Å²) < 4.78 is 5.67. The first-order chi connectivity index (χ1) is 16.1. The number of H-pyrrole nitrogens is 1. The van der Waals surface area contributed by atoms with E-state index in [0.29, 0.717) is 11.3 Å². The molecule has 4 aromatic rings. The number of aromatic nitrogens is 2. The van der Waals surface area contributed by atoms with Gasteiger partial charge in [-0.2, -0.15) is 0 Å². The van der Waals surface area contributed by atoms with Gasteiger partial charge in [0, 0.05) is 22.7 Å². The normalized spacial score (nSPS) is 17.7. The quantitative estimate of drug-likeness (QED) is 0.383. The van der Waals surface area contributed by atoms with Gasteiger partial charge in [-0.15, -0.1) is 0 Å². The van der Waals surface area contributed by atoms with Crippen LogP contribution in [0.15, 0.2) is 54.6 Å². The highest BCUT2D eigenvalue weighted by molar-refractivity contribution is 5.97. The van der Waals surface area contributed by atoms with Gasteiger partial charge in [0.15, 0.2) is 0 Å². The number of carbonyl (C=O) groups excluding carboxylic acids is 1. The second-order valence-corrected chi connectivity index (χ2v) is 10.7. The Morgan fingerprint density at radius 1 is 1.00 bits per heavy atom. The van der Waals surface area contributed by atoms with Crippen LogP contribution in [0.25, 0.3) is 33.2 Å². The summed E-state index contributed by atoms with van der Waals surface area (Å²) in [7, 11) is 1.62. The lowest BCUT2D eigenvalue weighted by atomic mass is 9.79. The Kier molecular flexibility index (Phi) is 5.36. The van der Waals surface area contributed by atoms with Crippen LogP contribution in [0.5, 0.6) is 5.75 Å². The standard InChI is InChI=1S/C28H32N4O2/c1-27(2)15-20(16-28(3,4)32-27)29-26(33)19-10-11-21(24(14-19)34-5)25-30-22-12-17-8-6-7-9-18(17)13-23(22)31-25/h6-14,20,32H,15-16H2,1-5H3,(H,29,33)(H,30,31). The van der Waals surface area contributed by atoms with Crippen LogP contribution < -0.4 is 15.4 Å². The van der Waals surface area contributed by atoms with Crippen molar-refractivity contribution in [2.75, 3.05) is 7.11 Å². The van der Waals surface area contributed by atoms with Gasteiger partial charge < -0.3 is 20.4 Å². The second kappa shape index (κ2) is 8.13. The zero-order chi connectivity index (χ0) is 24.1. The number of benzene rings is 3. The van der Waals surface area contributed by atoms with Gasteiger partial charge in [-0.05, 0) is 81.6 Å². The molecule has 0 saturated carbocycles. The first-order valence-corrected chi connectivity index (χ1v) is 11.8. The summed E-state index contributed by atoms with van der Waals surface area (Å²) in [6.07, 6.45) is 1.76. The van der Waals surface area contributed by atoms with Crippen molar-refractivity contribution in [2.24, 2.45) is 0 Å². The Balaban J connectivity index is 1.42. The van der Waals surface area contributed by atoms with Crippen molar-refractivity contribution in [2.45, 2.75) is 57.7 Å². The molecular weight excluding hydrogens is 424 g/mol. The first kappa shape index (κ1) is 22.4. The number of methoxy groups -OCH3 is 1. The molecule has 0 bridgehead atoms. The molecule has 1 amide bonds. The third kappa shape index (κ3) is 4.38. The molecule has 3 aromatic carbocycles. The lowest BCUT2D eigenvalue weighted by Gasteiger charge is -2.46. The van der Waals surface area contributed by atoms with Crippen LogP contribution >= 0.6 is 0 Å². The summed E-state index contributed by atoms with van der Waals surface area (Å²) in [5, 5.41) is 9.21. The minimum absolute atomic E-state index is 0.0344. The SMILES string of the molecule is COc1cc(C(=O)NC2CC(C)(C)NC(C)(C)C2)ccc1-c1nc2cc3ccccc3cc2[nH]1. The van der Waals surface area contributed by atoms with Crippen LogP contribution in [0, 0.1) is 0 Å². The van der Waals surface area contributed by atoms with E-state index in [1.165, 1.54) is 0 Å². The van der Waals surface area contributed by atoms with Crippen LogP contribution in [0.1, 0.15) is 50.9 Å². The molecule has 6 nitrogen and oxygen atoms in total. The van der Waals surface area contributed by atoms with Crippen molar-refractivity contribution in [3.05, 3.63) is 60.2 Å². The van der Waals surface area contributed by atoms with Crippen molar-refractivity contribution in [1.29, 1.82) is 0 Å². The highest BCUT2D eigenvalue weighted by Crippen LogP contribution is 2.32. The zero-order valence-electron chi connectivity index (χ0n) is 20.5.